The van der Waals surface area contributed by atoms with Gasteiger partial charge in [0.05, 0.1) is 33.4 Å². The average molecular weight is 264 g/mol. The van der Waals surface area contributed by atoms with E-state index >= 15 is 0 Å². The van der Waals surface area contributed by atoms with Crippen molar-refractivity contribution >= 4 is 0 Å². The first-order valence-electron chi connectivity index (χ1n) is 7.22. The van der Waals surface area contributed by atoms with Gasteiger partial charge in [-0.3, -0.25) is 0 Å². The van der Waals surface area contributed by atoms with E-state index in [9.17, 15) is 5.11 Å². The van der Waals surface area contributed by atoms with Gasteiger partial charge in [0, 0.05) is 5.92 Å². The molecule has 1 fully saturated rings. The maximum Gasteiger partial charge on any atom is 0.119 e. The van der Waals surface area contributed by atoms with Gasteiger partial charge >= 0.3 is 0 Å². The van der Waals surface area contributed by atoms with Crippen molar-refractivity contribution in [1.29, 1.82) is 0 Å². The fourth-order valence-corrected chi connectivity index (χ4v) is 3.26. The molecule has 2 atom stereocenters. The number of benzene rings is 1. The smallest absolute Gasteiger partial charge is 0.119 e. The normalized spacial score (nSPS) is 27.5. The van der Waals surface area contributed by atoms with Gasteiger partial charge in [0.25, 0.3) is 0 Å². The lowest BCUT2D eigenvalue weighted by Gasteiger charge is -2.40. The zero-order valence-corrected chi connectivity index (χ0v) is 12.3. The first-order chi connectivity index (χ1) is 9.06. The van der Waals surface area contributed by atoms with E-state index in [1.54, 1.807) is 7.11 Å². The van der Waals surface area contributed by atoms with Gasteiger partial charge in [-0.25, -0.2) is 0 Å². The molecular formula is C16H26NO2+. The van der Waals surface area contributed by atoms with Gasteiger partial charge in [0.2, 0.25) is 0 Å². The third kappa shape index (κ3) is 3.10. The monoisotopic (exact) mass is 264 g/mol. The summed E-state index contributed by atoms with van der Waals surface area (Å²) < 4.78 is 5.29. The van der Waals surface area contributed by atoms with Crippen LogP contribution in [0.25, 0.3) is 0 Å². The molecule has 3 heteroatoms. The Morgan fingerprint density at radius 2 is 2.16 bits per heavy atom. The highest BCUT2D eigenvalue weighted by molar-refractivity contribution is 5.33. The molecule has 2 rings (SSSR count). The minimum Gasteiger partial charge on any atom is -0.497 e. The summed E-state index contributed by atoms with van der Waals surface area (Å²) in [6.45, 7) is 1.01. The van der Waals surface area contributed by atoms with Crippen LogP contribution in [0, 0.1) is 5.92 Å². The molecule has 1 aromatic carbocycles. The Hall–Kier alpha value is -1.06. The molecule has 1 aliphatic carbocycles. The number of methoxy groups -OCH3 is 1. The van der Waals surface area contributed by atoms with Gasteiger partial charge in [-0.1, -0.05) is 25.0 Å². The number of ether oxygens (including phenoxy) is 1. The summed E-state index contributed by atoms with van der Waals surface area (Å²) in [7, 11) is 5.98. The Bertz CT molecular complexity index is 419. The predicted octanol–water partition coefficient (Wildman–Crippen LogP) is 1.22. The van der Waals surface area contributed by atoms with Crippen LogP contribution in [0.15, 0.2) is 24.3 Å². The largest absolute Gasteiger partial charge is 0.497 e. The fraction of sp³-hybridized carbons (Fsp3) is 0.625. The van der Waals surface area contributed by atoms with Gasteiger partial charge in [0.1, 0.15) is 5.75 Å². The molecule has 0 amide bonds. The van der Waals surface area contributed by atoms with E-state index in [0.29, 0.717) is 5.92 Å². The van der Waals surface area contributed by atoms with Crippen molar-refractivity contribution in [2.24, 2.45) is 5.92 Å². The Morgan fingerprint density at radius 3 is 2.84 bits per heavy atom. The van der Waals surface area contributed by atoms with Gasteiger partial charge in [-0.2, -0.15) is 0 Å². The summed E-state index contributed by atoms with van der Waals surface area (Å²) in [5, 5.41) is 11.2. The van der Waals surface area contributed by atoms with E-state index < -0.39 is 5.60 Å². The molecule has 1 aromatic rings. The number of aliphatic hydroxyl groups is 1. The first kappa shape index (κ1) is 14.4. The van der Waals surface area contributed by atoms with E-state index in [1.807, 2.05) is 24.3 Å². The summed E-state index contributed by atoms with van der Waals surface area (Å²) in [4.78, 5) is 1.40. The van der Waals surface area contributed by atoms with Crippen LogP contribution in [0.1, 0.15) is 31.2 Å². The first-order valence-corrected chi connectivity index (χ1v) is 7.22. The summed E-state index contributed by atoms with van der Waals surface area (Å²) in [6, 6.07) is 7.93. The quantitative estimate of drug-likeness (QED) is 0.857. The third-order valence-electron chi connectivity index (χ3n) is 4.26. The molecular weight excluding hydrogens is 238 g/mol. The molecule has 0 spiro atoms. The lowest BCUT2D eigenvalue weighted by molar-refractivity contribution is -0.863. The predicted molar refractivity (Wildman–Crippen MR) is 76.5 cm³/mol. The van der Waals surface area contributed by atoms with Crippen molar-refractivity contribution in [3.63, 3.8) is 0 Å². The van der Waals surface area contributed by atoms with E-state index in [1.165, 1.54) is 11.3 Å². The fourth-order valence-electron chi connectivity index (χ4n) is 3.26. The van der Waals surface area contributed by atoms with Crippen molar-refractivity contribution in [2.75, 3.05) is 27.7 Å². The lowest BCUT2D eigenvalue weighted by atomic mass is 9.71. The Kier molecular flexibility index (Phi) is 4.48. The molecule has 2 N–H and O–H groups in total. The Labute approximate surface area is 116 Å². The second-order valence-electron chi connectivity index (χ2n) is 6.01. The number of nitrogens with one attached hydrogen (secondary N) is 1. The van der Waals surface area contributed by atoms with Gasteiger partial charge in [0.15, 0.2) is 0 Å². The summed E-state index contributed by atoms with van der Waals surface area (Å²) in [6.07, 6.45) is 4.30. The molecule has 0 heterocycles. The lowest BCUT2D eigenvalue weighted by Crippen LogP contribution is -3.06. The van der Waals surface area contributed by atoms with Gasteiger partial charge in [-0.15, -0.1) is 0 Å². The van der Waals surface area contributed by atoms with Crippen molar-refractivity contribution in [3.8, 4) is 5.75 Å². The number of quaternary nitrogens is 1. The highest BCUT2D eigenvalue weighted by Gasteiger charge is 2.41. The van der Waals surface area contributed by atoms with Crippen molar-refractivity contribution in [3.05, 3.63) is 29.8 Å². The number of hydrogen-bond acceptors (Lipinski definition) is 2. The Balaban J connectivity index is 2.30. The second-order valence-corrected chi connectivity index (χ2v) is 6.01. The Morgan fingerprint density at radius 1 is 1.37 bits per heavy atom. The molecule has 1 saturated carbocycles. The number of rotatable bonds is 4. The minimum atomic E-state index is -0.690. The van der Waals surface area contributed by atoms with Crippen LogP contribution < -0.4 is 9.64 Å². The van der Waals surface area contributed by atoms with Gasteiger partial charge in [-0.05, 0) is 30.5 Å². The molecule has 0 unspecified atom stereocenters. The second kappa shape index (κ2) is 5.93. The molecule has 0 bridgehead atoms. The zero-order chi connectivity index (χ0) is 13.9. The SMILES string of the molecule is COc1cccc([C@]2(O)CCCC[C@@H]2C[NH+](C)C)c1. The van der Waals surface area contributed by atoms with Crippen LogP contribution >= 0.6 is 0 Å². The molecule has 1 aliphatic rings. The maximum absolute atomic E-state index is 11.2. The van der Waals surface area contributed by atoms with Crippen molar-refractivity contribution < 1.29 is 14.7 Å². The maximum atomic E-state index is 11.2. The number of hydrogen-bond donors (Lipinski definition) is 2. The molecule has 19 heavy (non-hydrogen) atoms. The molecule has 0 aliphatic heterocycles. The van der Waals surface area contributed by atoms with Crippen molar-refractivity contribution in [1.82, 2.24) is 0 Å². The van der Waals surface area contributed by atoms with E-state index in [0.717, 1.165) is 37.1 Å². The summed E-state index contributed by atoms with van der Waals surface area (Å²) >= 11 is 0. The van der Waals surface area contributed by atoms with Crippen LogP contribution in [0.5, 0.6) is 5.75 Å². The molecule has 0 saturated heterocycles. The molecule has 3 nitrogen and oxygen atoms in total. The summed E-state index contributed by atoms with van der Waals surface area (Å²) in [5.41, 5.74) is 0.321. The average Bonchev–Trinajstić information content (AvgIpc) is 2.41. The standard InChI is InChI=1S/C16H25NO2/c1-17(2)12-14-7-4-5-10-16(14,18)13-8-6-9-15(11-13)19-3/h6,8-9,11,14,18H,4-5,7,10,12H2,1-3H3/p+1/t14-,16-/m1/s1. The van der Waals surface area contributed by atoms with E-state index in [4.69, 9.17) is 4.74 Å². The van der Waals surface area contributed by atoms with Crippen LogP contribution in [0.2, 0.25) is 0 Å². The summed E-state index contributed by atoms with van der Waals surface area (Å²) in [5.74, 6) is 1.16. The van der Waals surface area contributed by atoms with E-state index in [-0.39, 0.29) is 0 Å². The zero-order valence-electron chi connectivity index (χ0n) is 12.3. The highest BCUT2D eigenvalue weighted by atomic mass is 16.5. The van der Waals surface area contributed by atoms with Crippen LogP contribution in [0.4, 0.5) is 0 Å². The van der Waals surface area contributed by atoms with Crippen LogP contribution in [0.3, 0.4) is 0 Å². The molecule has 0 radical (unpaired) electrons. The van der Waals surface area contributed by atoms with Crippen LogP contribution in [-0.2, 0) is 5.60 Å². The highest BCUT2D eigenvalue weighted by Crippen LogP contribution is 2.41. The van der Waals surface area contributed by atoms with E-state index in [2.05, 4.69) is 14.1 Å². The third-order valence-corrected chi connectivity index (χ3v) is 4.26. The van der Waals surface area contributed by atoms with Crippen LogP contribution in [-0.4, -0.2) is 32.9 Å². The minimum absolute atomic E-state index is 0.332. The van der Waals surface area contributed by atoms with Gasteiger partial charge < -0.3 is 14.7 Å². The molecule has 0 aromatic heterocycles. The topological polar surface area (TPSA) is 33.9 Å². The molecule has 106 valence electrons. The van der Waals surface area contributed by atoms with Crippen molar-refractivity contribution in [2.45, 2.75) is 31.3 Å².